The predicted molar refractivity (Wildman–Crippen MR) is 170 cm³/mol. The highest BCUT2D eigenvalue weighted by molar-refractivity contribution is 7.07. The molecule has 0 bridgehead atoms. The molecule has 0 saturated carbocycles. The maximum Gasteiger partial charge on any atom is 0.338 e. The average molecular weight is 610 g/mol. The molecule has 0 fully saturated rings. The van der Waals surface area contributed by atoms with E-state index in [9.17, 15) is 9.59 Å². The lowest BCUT2D eigenvalue weighted by atomic mass is 9.95. The van der Waals surface area contributed by atoms with Gasteiger partial charge in [-0.15, -0.1) is 0 Å². The summed E-state index contributed by atoms with van der Waals surface area (Å²) in [6.45, 7) is 3.69. The van der Waals surface area contributed by atoms with Crippen LogP contribution >= 0.6 is 11.3 Å². The smallest absolute Gasteiger partial charge is 0.338 e. The molecule has 3 heterocycles. The first-order chi connectivity index (χ1) is 21.4. The van der Waals surface area contributed by atoms with E-state index in [4.69, 9.17) is 23.9 Å². The monoisotopic (exact) mass is 609 g/mol. The third kappa shape index (κ3) is 4.87. The molecule has 10 heteroatoms. The molecule has 224 valence electrons. The summed E-state index contributed by atoms with van der Waals surface area (Å²) in [5, 5.41) is 0.911. The number of aromatic amines is 1. The Morgan fingerprint density at radius 1 is 0.977 bits per heavy atom. The molecular formula is C34H31N3O6S. The van der Waals surface area contributed by atoms with E-state index in [-0.39, 0.29) is 12.2 Å². The number of benzene rings is 3. The molecule has 1 atom stereocenters. The van der Waals surface area contributed by atoms with E-state index in [1.807, 2.05) is 60.7 Å². The highest BCUT2D eigenvalue weighted by Gasteiger charge is 2.34. The standard InChI is InChI=1S/C34H31N3O6S/c1-6-43-33(39)28-19(2)35-34-37(31(28)21-15-16-24(40-3)26(17-21)42-5)32(38)27(44-34)18-23-22-13-10-14-25(41-4)30(22)36-29(23)20-11-8-7-9-12-20/h7-18,31,36H,6H2,1-5H3/b27-18-. The van der Waals surface area contributed by atoms with Crippen molar-refractivity contribution in [1.82, 2.24) is 9.55 Å². The molecule has 0 spiro atoms. The molecule has 1 aliphatic rings. The lowest BCUT2D eigenvalue weighted by Gasteiger charge is -2.25. The van der Waals surface area contributed by atoms with Crippen molar-refractivity contribution in [3.8, 4) is 28.5 Å². The molecule has 2 aromatic heterocycles. The Balaban J connectivity index is 1.62. The van der Waals surface area contributed by atoms with E-state index in [1.54, 1.807) is 51.9 Å². The van der Waals surface area contributed by atoms with Crippen molar-refractivity contribution >= 4 is 34.3 Å². The number of fused-ring (bicyclic) bond motifs is 2. The number of thiazole rings is 1. The first-order valence-corrected chi connectivity index (χ1v) is 14.9. The summed E-state index contributed by atoms with van der Waals surface area (Å²) in [6, 6.07) is 20.3. The number of carbonyl (C=O) groups is 1. The summed E-state index contributed by atoms with van der Waals surface area (Å²) in [4.78, 5) is 36.4. The summed E-state index contributed by atoms with van der Waals surface area (Å²) in [7, 11) is 4.73. The Morgan fingerprint density at radius 2 is 1.73 bits per heavy atom. The molecule has 1 N–H and O–H groups in total. The first kappa shape index (κ1) is 29.0. The zero-order chi connectivity index (χ0) is 31.0. The number of nitrogens with one attached hydrogen (secondary N) is 1. The zero-order valence-corrected chi connectivity index (χ0v) is 25.8. The molecule has 0 saturated heterocycles. The number of esters is 1. The normalized spacial score (nSPS) is 14.8. The molecule has 0 radical (unpaired) electrons. The van der Waals surface area contributed by atoms with Gasteiger partial charge in [-0.05, 0) is 49.2 Å². The van der Waals surface area contributed by atoms with Crippen LogP contribution in [0.3, 0.4) is 0 Å². The molecule has 1 unspecified atom stereocenters. The molecule has 1 aliphatic heterocycles. The van der Waals surface area contributed by atoms with Gasteiger partial charge in [-0.1, -0.05) is 59.9 Å². The highest BCUT2D eigenvalue weighted by atomic mass is 32.1. The molecular weight excluding hydrogens is 578 g/mol. The minimum atomic E-state index is -0.788. The first-order valence-electron chi connectivity index (χ1n) is 14.1. The van der Waals surface area contributed by atoms with Gasteiger partial charge in [0, 0.05) is 10.9 Å². The number of H-pyrrole nitrogens is 1. The Labute approximate surface area is 257 Å². The number of methoxy groups -OCH3 is 3. The quantitative estimate of drug-likeness (QED) is 0.249. The SMILES string of the molecule is CCOC(=O)C1=C(C)N=c2s/c(=C\c3c(-c4ccccc4)[nH]c4c(OC)cccc34)c(=O)n2C1c1ccc(OC)c(OC)c1. The topological polar surface area (TPSA) is 104 Å². The van der Waals surface area contributed by atoms with Crippen LogP contribution in [0.2, 0.25) is 0 Å². The number of nitrogens with zero attached hydrogens (tertiary/aromatic N) is 2. The number of ether oxygens (including phenoxy) is 4. The zero-order valence-electron chi connectivity index (χ0n) is 25.0. The molecule has 0 amide bonds. The highest BCUT2D eigenvalue weighted by Crippen LogP contribution is 2.37. The molecule has 9 nitrogen and oxygen atoms in total. The number of aromatic nitrogens is 2. The van der Waals surface area contributed by atoms with Crippen LogP contribution in [0.25, 0.3) is 28.2 Å². The lowest BCUT2D eigenvalue weighted by molar-refractivity contribution is -0.139. The molecule has 3 aromatic carbocycles. The molecule has 6 rings (SSSR count). The molecule has 5 aromatic rings. The number of allylic oxidation sites excluding steroid dienone is 1. The number of rotatable bonds is 8. The second kappa shape index (κ2) is 11.9. The van der Waals surface area contributed by atoms with Gasteiger partial charge in [0.1, 0.15) is 5.75 Å². The fourth-order valence-electron chi connectivity index (χ4n) is 5.62. The van der Waals surface area contributed by atoms with E-state index < -0.39 is 12.0 Å². The molecule has 44 heavy (non-hydrogen) atoms. The minimum Gasteiger partial charge on any atom is -0.495 e. The Bertz CT molecular complexity index is 2110. The maximum absolute atomic E-state index is 14.4. The van der Waals surface area contributed by atoms with Crippen molar-refractivity contribution in [2.24, 2.45) is 4.99 Å². The van der Waals surface area contributed by atoms with Gasteiger partial charge in [-0.25, -0.2) is 9.79 Å². The van der Waals surface area contributed by atoms with Gasteiger partial charge in [-0.2, -0.15) is 0 Å². The number of para-hydroxylation sites is 1. The van der Waals surface area contributed by atoms with Gasteiger partial charge in [0.15, 0.2) is 16.3 Å². The van der Waals surface area contributed by atoms with Crippen LogP contribution in [-0.4, -0.2) is 43.5 Å². The summed E-state index contributed by atoms with van der Waals surface area (Å²) >= 11 is 1.27. The minimum absolute atomic E-state index is 0.185. The van der Waals surface area contributed by atoms with Gasteiger partial charge in [0.2, 0.25) is 0 Å². The van der Waals surface area contributed by atoms with Gasteiger partial charge >= 0.3 is 5.97 Å². The van der Waals surface area contributed by atoms with E-state index in [0.717, 1.165) is 27.7 Å². The average Bonchev–Trinajstić information content (AvgIpc) is 3.57. The summed E-state index contributed by atoms with van der Waals surface area (Å²) < 4.78 is 24.1. The number of hydrogen-bond donors (Lipinski definition) is 1. The summed E-state index contributed by atoms with van der Waals surface area (Å²) in [5.74, 6) is 1.18. The predicted octanol–water partition coefficient (Wildman–Crippen LogP) is 4.97. The van der Waals surface area contributed by atoms with E-state index in [2.05, 4.69) is 4.98 Å². The van der Waals surface area contributed by atoms with Crippen LogP contribution in [0.5, 0.6) is 17.2 Å². The Morgan fingerprint density at radius 3 is 2.43 bits per heavy atom. The van der Waals surface area contributed by atoms with Crippen molar-refractivity contribution in [2.45, 2.75) is 19.9 Å². The van der Waals surface area contributed by atoms with Crippen LogP contribution in [0.4, 0.5) is 0 Å². The van der Waals surface area contributed by atoms with Crippen LogP contribution in [0, 0.1) is 0 Å². The third-order valence-electron chi connectivity index (χ3n) is 7.63. The van der Waals surface area contributed by atoms with E-state index >= 15 is 0 Å². The van der Waals surface area contributed by atoms with Gasteiger partial charge in [-0.3, -0.25) is 9.36 Å². The van der Waals surface area contributed by atoms with Crippen LogP contribution in [0.15, 0.2) is 87.8 Å². The maximum atomic E-state index is 14.4. The van der Waals surface area contributed by atoms with E-state index in [1.165, 1.54) is 11.3 Å². The van der Waals surface area contributed by atoms with Crippen molar-refractivity contribution < 1.29 is 23.7 Å². The van der Waals surface area contributed by atoms with Gasteiger partial charge < -0.3 is 23.9 Å². The number of carbonyl (C=O) groups excluding carboxylic acids is 1. The lowest BCUT2D eigenvalue weighted by Crippen LogP contribution is -2.40. The van der Waals surface area contributed by atoms with Crippen LogP contribution < -0.4 is 29.1 Å². The summed E-state index contributed by atoms with van der Waals surface area (Å²) in [6.07, 6.45) is 1.89. The second-order valence-electron chi connectivity index (χ2n) is 10.1. The Hall–Kier alpha value is -5.09. The van der Waals surface area contributed by atoms with Crippen LogP contribution in [0.1, 0.15) is 31.0 Å². The molecule has 0 aliphatic carbocycles. The van der Waals surface area contributed by atoms with Gasteiger partial charge in [0.25, 0.3) is 5.56 Å². The van der Waals surface area contributed by atoms with Crippen molar-refractivity contribution in [3.05, 3.63) is 109 Å². The fourth-order valence-corrected chi connectivity index (χ4v) is 6.65. The van der Waals surface area contributed by atoms with Crippen molar-refractivity contribution in [3.63, 3.8) is 0 Å². The van der Waals surface area contributed by atoms with Crippen LogP contribution in [-0.2, 0) is 9.53 Å². The van der Waals surface area contributed by atoms with Crippen molar-refractivity contribution in [1.29, 1.82) is 0 Å². The largest absolute Gasteiger partial charge is 0.495 e. The van der Waals surface area contributed by atoms with E-state index in [0.29, 0.717) is 43.4 Å². The third-order valence-corrected chi connectivity index (χ3v) is 8.62. The van der Waals surface area contributed by atoms with Crippen molar-refractivity contribution in [2.75, 3.05) is 27.9 Å². The number of hydrogen-bond acceptors (Lipinski definition) is 8. The van der Waals surface area contributed by atoms with Gasteiger partial charge in [0.05, 0.1) is 61.0 Å². The Kier molecular flexibility index (Phi) is 7.84. The summed E-state index contributed by atoms with van der Waals surface area (Å²) in [5.41, 5.74) is 4.66. The fraction of sp³-hybridized carbons (Fsp3) is 0.206. The second-order valence-corrected chi connectivity index (χ2v) is 11.1.